The molecule has 2 aromatic heterocycles. The van der Waals surface area contributed by atoms with Crippen LogP contribution in [0.5, 0.6) is 0 Å². The molecule has 0 amide bonds. The van der Waals surface area contributed by atoms with Gasteiger partial charge in [0.1, 0.15) is 6.04 Å². The lowest BCUT2D eigenvalue weighted by Crippen LogP contribution is -2.31. The lowest BCUT2D eigenvalue weighted by Gasteiger charge is -2.25. The van der Waals surface area contributed by atoms with Crippen LogP contribution in [0.1, 0.15) is 17.2 Å². The minimum Gasteiger partial charge on any atom is -0.468 e. The number of thiophene rings is 1. The number of rotatable bonds is 5. The van der Waals surface area contributed by atoms with E-state index in [1.165, 1.54) is 12.7 Å². The molecule has 0 aliphatic rings. The van der Waals surface area contributed by atoms with E-state index < -0.39 is 6.04 Å². The summed E-state index contributed by atoms with van der Waals surface area (Å²) < 4.78 is 4.90. The molecule has 1 atom stereocenters. The highest BCUT2D eigenvalue weighted by Crippen LogP contribution is 2.22. The molecule has 0 saturated heterocycles. The van der Waals surface area contributed by atoms with E-state index in [0.717, 1.165) is 5.56 Å². The zero-order valence-corrected chi connectivity index (χ0v) is 11.8. The van der Waals surface area contributed by atoms with Crippen molar-refractivity contribution < 1.29 is 9.53 Å². The average molecular weight is 276 g/mol. The number of likely N-dealkylation sites (N-methyl/N-ethyl adjacent to an activating group) is 1. The summed E-state index contributed by atoms with van der Waals surface area (Å²) in [5, 5.41) is 4.11. The van der Waals surface area contributed by atoms with E-state index in [-0.39, 0.29) is 5.97 Å². The van der Waals surface area contributed by atoms with Gasteiger partial charge in [-0.25, -0.2) is 4.79 Å². The first-order valence-electron chi connectivity index (χ1n) is 5.91. The Bertz CT molecular complexity index is 514. The maximum atomic E-state index is 12.0. The van der Waals surface area contributed by atoms with Crippen LogP contribution in [0, 0.1) is 0 Å². The Balaban J connectivity index is 2.20. The van der Waals surface area contributed by atoms with Crippen molar-refractivity contribution in [2.45, 2.75) is 12.6 Å². The summed E-state index contributed by atoms with van der Waals surface area (Å²) in [5.41, 5.74) is 2.03. The topological polar surface area (TPSA) is 42.4 Å². The number of esters is 1. The Morgan fingerprint density at radius 3 is 2.95 bits per heavy atom. The van der Waals surface area contributed by atoms with Crippen LogP contribution in [-0.2, 0) is 16.1 Å². The van der Waals surface area contributed by atoms with Crippen LogP contribution in [0.25, 0.3) is 0 Å². The first kappa shape index (κ1) is 13.7. The quantitative estimate of drug-likeness (QED) is 0.787. The van der Waals surface area contributed by atoms with Crippen LogP contribution in [0.4, 0.5) is 0 Å². The number of carbonyl (C=O) groups is 1. The van der Waals surface area contributed by atoms with E-state index in [1.54, 1.807) is 23.7 Å². The molecule has 4 nitrogen and oxygen atoms in total. The third-order valence-corrected chi connectivity index (χ3v) is 3.61. The van der Waals surface area contributed by atoms with E-state index >= 15 is 0 Å². The minimum absolute atomic E-state index is 0.272. The second kappa shape index (κ2) is 6.45. The van der Waals surface area contributed by atoms with Crippen LogP contribution in [0.3, 0.4) is 0 Å². The van der Waals surface area contributed by atoms with Crippen molar-refractivity contribution in [2.75, 3.05) is 14.2 Å². The summed E-state index contributed by atoms with van der Waals surface area (Å²) in [4.78, 5) is 18.0. The van der Waals surface area contributed by atoms with Gasteiger partial charge in [-0.05, 0) is 41.1 Å². The number of carbonyl (C=O) groups excluding carboxylic acids is 1. The van der Waals surface area contributed by atoms with Crippen molar-refractivity contribution in [3.63, 3.8) is 0 Å². The van der Waals surface area contributed by atoms with Gasteiger partial charge in [-0.1, -0.05) is 6.07 Å². The molecule has 0 radical (unpaired) electrons. The van der Waals surface area contributed by atoms with E-state index in [4.69, 9.17) is 4.74 Å². The zero-order chi connectivity index (χ0) is 13.7. The van der Waals surface area contributed by atoms with E-state index in [2.05, 4.69) is 16.4 Å². The van der Waals surface area contributed by atoms with E-state index in [1.807, 2.05) is 29.5 Å². The summed E-state index contributed by atoms with van der Waals surface area (Å²) in [7, 11) is 3.32. The van der Waals surface area contributed by atoms with Crippen LogP contribution < -0.4 is 0 Å². The van der Waals surface area contributed by atoms with Gasteiger partial charge in [0.15, 0.2) is 0 Å². The Morgan fingerprint density at radius 2 is 2.37 bits per heavy atom. The van der Waals surface area contributed by atoms with Gasteiger partial charge in [-0.2, -0.15) is 11.3 Å². The van der Waals surface area contributed by atoms with Crippen LogP contribution in [0.15, 0.2) is 41.4 Å². The largest absolute Gasteiger partial charge is 0.468 e. The number of aromatic nitrogens is 1. The second-order valence-corrected chi connectivity index (χ2v) is 5.04. The normalized spacial score (nSPS) is 12.4. The molecule has 2 aromatic rings. The van der Waals surface area contributed by atoms with Crippen molar-refractivity contribution in [1.29, 1.82) is 0 Å². The molecule has 0 aliphatic carbocycles. The standard InChI is InChI=1S/C14H16N2O2S/c1-16(9-11-5-7-19-10-11)13(14(17)18-2)12-4-3-6-15-8-12/h3-8,10,13H,9H2,1-2H3/t13-/m1/s1. The number of methoxy groups -OCH3 is 1. The summed E-state index contributed by atoms with van der Waals surface area (Å²) in [6.07, 6.45) is 3.39. The number of ether oxygens (including phenoxy) is 1. The molecule has 0 aliphatic heterocycles. The van der Waals surface area contributed by atoms with Gasteiger partial charge >= 0.3 is 5.97 Å². The van der Waals surface area contributed by atoms with Gasteiger partial charge in [0.2, 0.25) is 0 Å². The molecule has 2 rings (SSSR count). The Kier molecular flexibility index (Phi) is 4.65. The molecular weight excluding hydrogens is 260 g/mol. The fourth-order valence-electron chi connectivity index (χ4n) is 1.98. The predicted octanol–water partition coefficient (Wildman–Crippen LogP) is 2.49. The highest BCUT2D eigenvalue weighted by atomic mass is 32.1. The maximum Gasteiger partial charge on any atom is 0.327 e. The molecule has 5 heteroatoms. The lowest BCUT2D eigenvalue weighted by molar-refractivity contribution is -0.147. The van der Waals surface area contributed by atoms with Gasteiger partial charge in [-0.3, -0.25) is 9.88 Å². The molecule has 19 heavy (non-hydrogen) atoms. The summed E-state index contributed by atoms with van der Waals surface area (Å²) in [5.74, 6) is -0.272. The monoisotopic (exact) mass is 276 g/mol. The molecule has 0 saturated carbocycles. The van der Waals surface area contributed by atoms with E-state index in [9.17, 15) is 4.79 Å². The Morgan fingerprint density at radius 1 is 1.53 bits per heavy atom. The van der Waals surface area contributed by atoms with Crippen molar-refractivity contribution >= 4 is 17.3 Å². The molecule has 2 heterocycles. The van der Waals surface area contributed by atoms with Gasteiger partial charge in [0.25, 0.3) is 0 Å². The Labute approximate surface area is 116 Å². The predicted molar refractivity (Wildman–Crippen MR) is 74.8 cm³/mol. The van der Waals surface area contributed by atoms with Crippen LogP contribution in [-0.4, -0.2) is 30.0 Å². The molecule has 0 fully saturated rings. The molecule has 0 aromatic carbocycles. The molecule has 0 unspecified atom stereocenters. The van der Waals surface area contributed by atoms with Gasteiger partial charge in [-0.15, -0.1) is 0 Å². The van der Waals surface area contributed by atoms with Crippen molar-refractivity contribution in [3.8, 4) is 0 Å². The van der Waals surface area contributed by atoms with Crippen molar-refractivity contribution in [2.24, 2.45) is 0 Å². The SMILES string of the molecule is COC(=O)[C@@H](c1cccnc1)N(C)Cc1ccsc1. The smallest absolute Gasteiger partial charge is 0.327 e. The third kappa shape index (κ3) is 3.39. The summed E-state index contributed by atoms with van der Waals surface area (Å²) in [6, 6.07) is 5.33. The van der Waals surface area contributed by atoms with Crippen LogP contribution >= 0.6 is 11.3 Å². The number of nitrogens with zero attached hydrogens (tertiary/aromatic N) is 2. The second-order valence-electron chi connectivity index (χ2n) is 4.26. The number of pyridine rings is 1. The summed E-state index contributed by atoms with van der Waals surface area (Å²) in [6.45, 7) is 0.693. The molecule has 0 bridgehead atoms. The first-order chi connectivity index (χ1) is 9.22. The molecule has 0 spiro atoms. The first-order valence-corrected chi connectivity index (χ1v) is 6.85. The average Bonchev–Trinajstić information content (AvgIpc) is 2.93. The van der Waals surface area contributed by atoms with Gasteiger partial charge < -0.3 is 4.74 Å². The maximum absolute atomic E-state index is 12.0. The van der Waals surface area contributed by atoms with Crippen molar-refractivity contribution in [1.82, 2.24) is 9.88 Å². The lowest BCUT2D eigenvalue weighted by atomic mass is 10.1. The minimum atomic E-state index is -0.432. The van der Waals surface area contributed by atoms with Gasteiger partial charge in [0, 0.05) is 18.9 Å². The van der Waals surface area contributed by atoms with Crippen LogP contribution in [0.2, 0.25) is 0 Å². The Hall–Kier alpha value is -1.72. The fraction of sp³-hybridized carbons (Fsp3) is 0.286. The van der Waals surface area contributed by atoms with Gasteiger partial charge in [0.05, 0.1) is 7.11 Å². The zero-order valence-electron chi connectivity index (χ0n) is 10.9. The highest BCUT2D eigenvalue weighted by molar-refractivity contribution is 7.07. The summed E-state index contributed by atoms with van der Waals surface area (Å²) >= 11 is 1.65. The van der Waals surface area contributed by atoms with E-state index in [0.29, 0.717) is 6.54 Å². The molecule has 0 N–H and O–H groups in total. The molecular formula is C14H16N2O2S. The third-order valence-electron chi connectivity index (χ3n) is 2.88. The molecule has 100 valence electrons. The number of hydrogen-bond donors (Lipinski definition) is 0. The fourth-order valence-corrected chi connectivity index (χ4v) is 2.64. The van der Waals surface area contributed by atoms with Crippen molar-refractivity contribution in [3.05, 3.63) is 52.5 Å². The highest BCUT2D eigenvalue weighted by Gasteiger charge is 2.26. The number of hydrogen-bond acceptors (Lipinski definition) is 5.